The number of fused-ring (bicyclic) bond motifs is 2. The maximum absolute atomic E-state index is 10.9. The van der Waals surface area contributed by atoms with E-state index in [9.17, 15) is 5.11 Å². The number of halogens is 2. The molecule has 6 heteroatoms. The Balaban J connectivity index is 1.73. The molecular weight excluding hydrogens is 399 g/mol. The van der Waals surface area contributed by atoms with Crippen LogP contribution in [0.4, 0.5) is 5.00 Å². The largest absolute Gasteiger partial charge is 0.507 e. The van der Waals surface area contributed by atoms with Crippen molar-refractivity contribution >= 4 is 61.1 Å². The first-order chi connectivity index (χ1) is 13.0. The Hall–Kier alpha value is -1.98. The predicted octanol–water partition coefficient (Wildman–Crippen LogP) is 6.16. The van der Waals surface area contributed by atoms with Crippen molar-refractivity contribution in [2.45, 2.75) is 19.6 Å². The molecule has 1 aromatic heterocycles. The Morgan fingerprint density at radius 3 is 2.44 bits per heavy atom. The third-order valence-electron chi connectivity index (χ3n) is 5.19. The number of anilines is 1. The predicted molar refractivity (Wildman–Crippen MR) is 115 cm³/mol. The highest BCUT2D eigenvalue weighted by molar-refractivity contribution is 7.18. The number of benzene rings is 3. The average molecular weight is 415 g/mol. The second kappa shape index (κ2) is 6.28. The lowest BCUT2D eigenvalue weighted by atomic mass is 9.94. The lowest BCUT2D eigenvalue weighted by Gasteiger charge is -2.28. The molecule has 0 fully saturated rings. The molecule has 1 aliphatic rings. The Labute approximate surface area is 170 Å². The third-order valence-corrected chi connectivity index (χ3v) is 6.91. The molecule has 0 atom stereocenters. The Bertz CT molecular complexity index is 1200. The van der Waals surface area contributed by atoms with Crippen LogP contribution in [0.25, 0.3) is 21.5 Å². The summed E-state index contributed by atoms with van der Waals surface area (Å²) in [4.78, 5) is 3.57. The number of thiophene rings is 1. The Kier molecular flexibility index (Phi) is 3.99. The number of rotatable bonds is 2. The van der Waals surface area contributed by atoms with Gasteiger partial charge >= 0.3 is 0 Å². The summed E-state index contributed by atoms with van der Waals surface area (Å²) in [5.41, 5.74) is 8.71. The summed E-state index contributed by atoms with van der Waals surface area (Å²) in [7, 11) is 0. The highest BCUT2D eigenvalue weighted by Gasteiger charge is 2.27. The second-order valence-electron chi connectivity index (χ2n) is 6.91. The molecular formula is C21H16Cl2N2OS. The zero-order chi connectivity index (χ0) is 18.7. The molecule has 0 saturated carbocycles. The van der Waals surface area contributed by atoms with E-state index >= 15 is 0 Å². The fraction of sp³-hybridized carbons (Fsp3) is 0.143. The Morgan fingerprint density at radius 2 is 1.70 bits per heavy atom. The first-order valence-electron chi connectivity index (χ1n) is 8.62. The summed E-state index contributed by atoms with van der Waals surface area (Å²) in [5, 5.41) is 15.9. The lowest BCUT2D eigenvalue weighted by molar-refractivity contribution is 0.247. The summed E-state index contributed by atoms with van der Waals surface area (Å²) in [5.74, 6) is 0.193. The van der Waals surface area contributed by atoms with E-state index in [-0.39, 0.29) is 5.75 Å². The van der Waals surface area contributed by atoms with Gasteiger partial charge in [-0.25, -0.2) is 0 Å². The fourth-order valence-electron chi connectivity index (χ4n) is 4.03. The zero-order valence-electron chi connectivity index (χ0n) is 14.3. The van der Waals surface area contributed by atoms with Crippen molar-refractivity contribution in [1.29, 1.82) is 0 Å². The van der Waals surface area contributed by atoms with Crippen molar-refractivity contribution in [2.75, 3.05) is 5.73 Å². The lowest BCUT2D eigenvalue weighted by Crippen LogP contribution is -2.25. The molecule has 2 heterocycles. The highest BCUT2D eigenvalue weighted by atomic mass is 35.5. The Morgan fingerprint density at radius 1 is 1.00 bits per heavy atom. The molecule has 3 aromatic carbocycles. The van der Waals surface area contributed by atoms with Gasteiger partial charge < -0.3 is 10.8 Å². The van der Waals surface area contributed by atoms with Crippen LogP contribution in [0.1, 0.15) is 16.0 Å². The van der Waals surface area contributed by atoms with Gasteiger partial charge in [0.15, 0.2) is 0 Å². The molecule has 0 aliphatic carbocycles. The molecule has 0 bridgehead atoms. The van der Waals surface area contributed by atoms with E-state index in [1.165, 1.54) is 10.4 Å². The molecule has 1 aliphatic heterocycles. The van der Waals surface area contributed by atoms with Crippen LogP contribution in [0, 0.1) is 0 Å². The first-order valence-corrected chi connectivity index (χ1v) is 10.2. The van der Waals surface area contributed by atoms with Crippen LogP contribution in [-0.2, 0) is 19.6 Å². The molecule has 27 heavy (non-hydrogen) atoms. The molecule has 0 radical (unpaired) electrons. The number of nitrogens with two attached hydrogens (primary N) is 1. The maximum Gasteiger partial charge on any atom is 0.134 e. The minimum Gasteiger partial charge on any atom is -0.507 e. The van der Waals surface area contributed by atoms with Gasteiger partial charge in [0.25, 0.3) is 0 Å². The van der Waals surface area contributed by atoms with Crippen molar-refractivity contribution < 1.29 is 5.11 Å². The smallest absolute Gasteiger partial charge is 0.134 e. The van der Waals surface area contributed by atoms with Gasteiger partial charge in [0.2, 0.25) is 0 Å². The fourth-order valence-corrected chi connectivity index (χ4v) is 5.49. The highest BCUT2D eigenvalue weighted by Crippen LogP contribution is 2.49. The van der Waals surface area contributed by atoms with E-state index in [0.717, 1.165) is 41.4 Å². The number of nitrogen functional groups attached to an aromatic ring is 1. The first kappa shape index (κ1) is 17.1. The molecule has 0 spiro atoms. The number of hydrogen-bond donors (Lipinski definition) is 2. The van der Waals surface area contributed by atoms with Crippen LogP contribution >= 0.6 is 34.5 Å². The topological polar surface area (TPSA) is 49.5 Å². The molecule has 0 amide bonds. The van der Waals surface area contributed by atoms with Crippen LogP contribution < -0.4 is 5.73 Å². The van der Waals surface area contributed by atoms with Crippen molar-refractivity contribution in [2.24, 2.45) is 0 Å². The summed E-state index contributed by atoms with van der Waals surface area (Å²) < 4.78 is 0. The number of aromatic hydroxyl groups is 1. The monoisotopic (exact) mass is 414 g/mol. The summed E-state index contributed by atoms with van der Waals surface area (Å²) in [6.45, 7) is 2.43. The van der Waals surface area contributed by atoms with Crippen molar-refractivity contribution in [3.8, 4) is 5.75 Å². The summed E-state index contributed by atoms with van der Waals surface area (Å²) in [6, 6.07) is 14.0. The SMILES string of the molecule is Nc1sc2c3c(c4cc(Cl)c(Cl)cc4c(O)c13)CN(Cc1ccccc1)C2. The van der Waals surface area contributed by atoms with Crippen molar-refractivity contribution in [3.63, 3.8) is 0 Å². The van der Waals surface area contributed by atoms with E-state index < -0.39 is 0 Å². The van der Waals surface area contributed by atoms with Gasteiger partial charge in [-0.1, -0.05) is 53.5 Å². The van der Waals surface area contributed by atoms with Crippen LogP contribution in [0.2, 0.25) is 10.0 Å². The van der Waals surface area contributed by atoms with Crippen molar-refractivity contribution in [3.05, 3.63) is 68.5 Å². The minimum atomic E-state index is 0.193. The van der Waals surface area contributed by atoms with E-state index in [4.69, 9.17) is 28.9 Å². The van der Waals surface area contributed by atoms with Gasteiger partial charge in [0, 0.05) is 35.3 Å². The van der Waals surface area contributed by atoms with Crippen molar-refractivity contribution in [1.82, 2.24) is 4.90 Å². The summed E-state index contributed by atoms with van der Waals surface area (Å²) >= 11 is 14.1. The van der Waals surface area contributed by atoms with Gasteiger partial charge in [-0.05, 0) is 28.6 Å². The normalized spacial score (nSPS) is 14.3. The number of phenols is 1. The molecule has 4 aromatic rings. The molecule has 136 valence electrons. The van der Waals surface area contributed by atoms with E-state index in [1.807, 2.05) is 12.1 Å². The second-order valence-corrected chi connectivity index (χ2v) is 8.86. The number of nitrogens with zero attached hydrogens (tertiary/aromatic N) is 1. The molecule has 0 saturated heterocycles. The van der Waals surface area contributed by atoms with E-state index in [1.54, 1.807) is 17.4 Å². The minimum absolute atomic E-state index is 0.193. The molecule has 3 N–H and O–H groups in total. The number of phenolic OH excluding ortho intramolecular Hbond substituents is 1. The summed E-state index contributed by atoms with van der Waals surface area (Å²) in [6.07, 6.45) is 0. The van der Waals surface area contributed by atoms with Gasteiger partial charge in [0.05, 0.1) is 20.4 Å². The molecule has 0 unspecified atom stereocenters. The van der Waals surface area contributed by atoms with Gasteiger partial charge in [-0.15, -0.1) is 11.3 Å². The van der Waals surface area contributed by atoms with Gasteiger partial charge in [0.1, 0.15) is 5.75 Å². The van der Waals surface area contributed by atoms with Crippen LogP contribution in [0.5, 0.6) is 5.75 Å². The zero-order valence-corrected chi connectivity index (χ0v) is 16.6. The van der Waals surface area contributed by atoms with E-state index in [0.29, 0.717) is 20.4 Å². The van der Waals surface area contributed by atoms with Crippen LogP contribution in [0.15, 0.2) is 42.5 Å². The number of hydrogen-bond acceptors (Lipinski definition) is 4. The maximum atomic E-state index is 10.9. The van der Waals surface area contributed by atoms with Crippen LogP contribution in [-0.4, -0.2) is 10.0 Å². The average Bonchev–Trinajstić information content (AvgIpc) is 2.98. The van der Waals surface area contributed by atoms with Gasteiger partial charge in [-0.2, -0.15) is 0 Å². The van der Waals surface area contributed by atoms with Gasteiger partial charge in [-0.3, -0.25) is 4.90 Å². The van der Waals surface area contributed by atoms with Crippen LogP contribution in [0.3, 0.4) is 0 Å². The van der Waals surface area contributed by atoms with E-state index in [2.05, 4.69) is 29.2 Å². The third kappa shape index (κ3) is 2.67. The molecule has 3 nitrogen and oxygen atoms in total. The molecule has 5 rings (SSSR count). The quantitative estimate of drug-likeness (QED) is 0.412. The standard InChI is InChI=1S/C21H16Cl2N2OS/c22-15-6-12-13(7-16(15)23)20(26)19-18-14(12)9-25(10-17(18)27-21(19)24)8-11-4-2-1-3-5-11/h1-7,26H,8-10,24H2.